The minimum atomic E-state index is -0.419. The molecule has 0 spiro atoms. The number of tetrazole rings is 1. The van der Waals surface area contributed by atoms with Crippen molar-refractivity contribution in [1.29, 1.82) is 0 Å². The van der Waals surface area contributed by atoms with Crippen molar-refractivity contribution in [2.75, 3.05) is 19.0 Å². The molecule has 0 aliphatic heterocycles. The second kappa shape index (κ2) is 9.23. The van der Waals surface area contributed by atoms with Gasteiger partial charge < -0.3 is 14.8 Å². The third kappa shape index (κ3) is 4.61. The topological polar surface area (TPSA) is 91.2 Å². The molecule has 3 aromatic rings. The average Bonchev–Trinajstić information content (AvgIpc) is 3.17. The molecular formula is C19H21N5O3S. The van der Waals surface area contributed by atoms with E-state index in [0.717, 1.165) is 11.4 Å². The molecule has 1 atom stereocenters. The summed E-state index contributed by atoms with van der Waals surface area (Å²) in [5, 5.41) is 14.8. The van der Waals surface area contributed by atoms with Gasteiger partial charge in [-0.05, 0) is 60.7 Å². The van der Waals surface area contributed by atoms with Gasteiger partial charge in [0.25, 0.3) is 0 Å². The number of nitrogens with zero attached hydrogens (tertiary/aromatic N) is 4. The molecule has 146 valence electrons. The number of aromatic nitrogens is 4. The molecule has 28 heavy (non-hydrogen) atoms. The first-order valence-corrected chi connectivity index (χ1v) is 9.62. The van der Waals surface area contributed by atoms with Crippen LogP contribution >= 0.6 is 11.8 Å². The lowest BCUT2D eigenvalue weighted by atomic mass is 10.3. The Bertz CT molecular complexity index is 929. The Labute approximate surface area is 167 Å². The van der Waals surface area contributed by atoms with E-state index in [1.54, 1.807) is 18.7 Å². The zero-order valence-electron chi connectivity index (χ0n) is 15.8. The molecule has 1 N–H and O–H groups in total. The predicted octanol–water partition coefficient (Wildman–Crippen LogP) is 3.19. The lowest BCUT2D eigenvalue weighted by molar-refractivity contribution is -0.115. The molecule has 0 bridgehead atoms. The zero-order valence-corrected chi connectivity index (χ0v) is 16.6. The summed E-state index contributed by atoms with van der Waals surface area (Å²) >= 11 is 1.27. The van der Waals surface area contributed by atoms with Gasteiger partial charge in [-0.15, -0.1) is 5.10 Å². The molecule has 9 heteroatoms. The van der Waals surface area contributed by atoms with Crippen molar-refractivity contribution in [3.63, 3.8) is 0 Å². The van der Waals surface area contributed by atoms with Gasteiger partial charge >= 0.3 is 0 Å². The molecule has 8 nitrogen and oxygen atoms in total. The van der Waals surface area contributed by atoms with Crippen LogP contribution in [0, 0.1) is 0 Å². The van der Waals surface area contributed by atoms with Crippen LogP contribution in [0.2, 0.25) is 0 Å². The fraction of sp³-hybridized carbons (Fsp3) is 0.263. The minimum Gasteiger partial charge on any atom is -0.497 e. The van der Waals surface area contributed by atoms with E-state index >= 15 is 0 Å². The smallest absolute Gasteiger partial charge is 0.237 e. The van der Waals surface area contributed by atoms with Crippen LogP contribution in [0.4, 0.5) is 5.69 Å². The number of carbonyl (C=O) groups excluding carboxylic acids is 1. The third-order valence-electron chi connectivity index (χ3n) is 3.85. The van der Waals surface area contributed by atoms with Crippen molar-refractivity contribution in [2.24, 2.45) is 0 Å². The molecule has 0 saturated heterocycles. The van der Waals surface area contributed by atoms with Crippen molar-refractivity contribution in [3.05, 3.63) is 48.5 Å². The van der Waals surface area contributed by atoms with E-state index in [9.17, 15) is 4.79 Å². The van der Waals surface area contributed by atoms with E-state index in [4.69, 9.17) is 9.47 Å². The number of amides is 1. The fourth-order valence-electron chi connectivity index (χ4n) is 2.44. The van der Waals surface area contributed by atoms with E-state index in [1.807, 2.05) is 55.5 Å². The maximum Gasteiger partial charge on any atom is 0.237 e. The number of carbonyl (C=O) groups is 1. The Kier molecular flexibility index (Phi) is 6.49. The SMILES string of the molecule is CCOc1ccccc1NC(=O)[C@@H](C)Sc1nnnn1-c1ccc(OC)cc1. The number of ether oxygens (including phenoxy) is 2. The molecule has 0 aliphatic rings. The fourth-order valence-corrected chi connectivity index (χ4v) is 3.24. The van der Waals surface area contributed by atoms with E-state index in [0.29, 0.717) is 23.2 Å². The van der Waals surface area contributed by atoms with Crippen LogP contribution in [0.5, 0.6) is 11.5 Å². The summed E-state index contributed by atoms with van der Waals surface area (Å²) in [5.41, 5.74) is 1.42. The second-order valence-corrected chi connectivity index (χ2v) is 7.06. The van der Waals surface area contributed by atoms with Crippen LogP contribution in [-0.4, -0.2) is 45.1 Å². The Balaban J connectivity index is 1.70. The first-order valence-electron chi connectivity index (χ1n) is 8.74. The number of rotatable bonds is 8. The van der Waals surface area contributed by atoms with Gasteiger partial charge in [-0.2, -0.15) is 4.68 Å². The van der Waals surface area contributed by atoms with Gasteiger partial charge in [-0.25, -0.2) is 0 Å². The molecule has 2 aromatic carbocycles. The Morgan fingerprint density at radius 3 is 2.68 bits per heavy atom. The highest BCUT2D eigenvalue weighted by molar-refractivity contribution is 8.00. The number of nitrogens with one attached hydrogen (secondary N) is 1. The summed E-state index contributed by atoms with van der Waals surface area (Å²) in [5.74, 6) is 1.21. The molecular weight excluding hydrogens is 378 g/mol. The molecule has 1 heterocycles. The summed E-state index contributed by atoms with van der Waals surface area (Å²) in [6.07, 6.45) is 0. The number of methoxy groups -OCH3 is 1. The molecule has 0 fully saturated rings. The summed E-state index contributed by atoms with van der Waals surface area (Å²) in [6.45, 7) is 4.22. The van der Waals surface area contributed by atoms with Crippen molar-refractivity contribution in [1.82, 2.24) is 20.2 Å². The van der Waals surface area contributed by atoms with E-state index in [-0.39, 0.29) is 5.91 Å². The first-order chi connectivity index (χ1) is 13.6. The lowest BCUT2D eigenvalue weighted by Crippen LogP contribution is -2.23. The maximum absolute atomic E-state index is 12.6. The Morgan fingerprint density at radius 1 is 1.21 bits per heavy atom. The first kappa shape index (κ1) is 19.7. The van der Waals surface area contributed by atoms with Crippen molar-refractivity contribution >= 4 is 23.4 Å². The highest BCUT2D eigenvalue weighted by Crippen LogP contribution is 2.27. The Hall–Kier alpha value is -3.07. The summed E-state index contributed by atoms with van der Waals surface area (Å²) < 4.78 is 12.3. The van der Waals surface area contributed by atoms with E-state index in [1.165, 1.54) is 11.8 Å². The van der Waals surface area contributed by atoms with Gasteiger partial charge in [-0.3, -0.25) is 4.79 Å². The van der Waals surface area contributed by atoms with Crippen LogP contribution in [0.15, 0.2) is 53.7 Å². The molecule has 0 saturated carbocycles. The summed E-state index contributed by atoms with van der Waals surface area (Å²) in [7, 11) is 1.61. The molecule has 1 aromatic heterocycles. The van der Waals surface area contributed by atoms with Gasteiger partial charge in [-0.1, -0.05) is 23.9 Å². The van der Waals surface area contributed by atoms with Gasteiger partial charge in [0.1, 0.15) is 11.5 Å². The van der Waals surface area contributed by atoms with Gasteiger partial charge in [0.05, 0.1) is 30.3 Å². The molecule has 0 radical (unpaired) electrons. The third-order valence-corrected chi connectivity index (χ3v) is 4.89. The average molecular weight is 399 g/mol. The molecule has 1 amide bonds. The number of anilines is 1. The predicted molar refractivity (Wildman–Crippen MR) is 107 cm³/mol. The van der Waals surface area contributed by atoms with Crippen molar-refractivity contribution in [2.45, 2.75) is 24.3 Å². The Morgan fingerprint density at radius 2 is 1.96 bits per heavy atom. The number of benzene rings is 2. The van der Waals surface area contributed by atoms with Gasteiger partial charge in [0, 0.05) is 0 Å². The van der Waals surface area contributed by atoms with Crippen molar-refractivity contribution in [3.8, 4) is 17.2 Å². The number of thioether (sulfide) groups is 1. The normalized spacial score (nSPS) is 11.7. The number of hydrogen-bond donors (Lipinski definition) is 1. The maximum atomic E-state index is 12.6. The standard InChI is InChI=1S/C19H21N5O3S/c1-4-27-17-8-6-5-7-16(17)20-18(25)13(2)28-19-21-22-23-24(19)14-9-11-15(26-3)12-10-14/h5-13H,4H2,1-3H3,(H,20,25)/t13-/m1/s1. The van der Waals surface area contributed by atoms with E-state index < -0.39 is 5.25 Å². The summed E-state index contributed by atoms with van der Waals surface area (Å²) in [4.78, 5) is 12.6. The van der Waals surface area contributed by atoms with Crippen LogP contribution < -0.4 is 14.8 Å². The lowest BCUT2D eigenvalue weighted by Gasteiger charge is -2.14. The van der Waals surface area contributed by atoms with Crippen LogP contribution in [0.25, 0.3) is 5.69 Å². The van der Waals surface area contributed by atoms with Crippen LogP contribution in [0.1, 0.15) is 13.8 Å². The van der Waals surface area contributed by atoms with Crippen LogP contribution in [0.3, 0.4) is 0 Å². The van der Waals surface area contributed by atoms with Gasteiger partial charge in [0.2, 0.25) is 11.1 Å². The molecule has 3 rings (SSSR count). The minimum absolute atomic E-state index is 0.165. The summed E-state index contributed by atoms with van der Waals surface area (Å²) in [6, 6.07) is 14.7. The second-order valence-electron chi connectivity index (χ2n) is 5.75. The van der Waals surface area contributed by atoms with E-state index in [2.05, 4.69) is 20.8 Å². The molecule has 0 unspecified atom stereocenters. The van der Waals surface area contributed by atoms with Gasteiger partial charge in [0.15, 0.2) is 0 Å². The van der Waals surface area contributed by atoms with Crippen LogP contribution in [-0.2, 0) is 4.79 Å². The monoisotopic (exact) mass is 399 g/mol. The highest BCUT2D eigenvalue weighted by Gasteiger charge is 2.20. The quantitative estimate of drug-likeness (QED) is 0.582. The largest absolute Gasteiger partial charge is 0.497 e. The van der Waals surface area contributed by atoms with Crippen molar-refractivity contribution < 1.29 is 14.3 Å². The molecule has 0 aliphatic carbocycles. The highest BCUT2D eigenvalue weighted by atomic mass is 32.2. The number of para-hydroxylation sites is 2. The number of hydrogen-bond acceptors (Lipinski definition) is 7. The zero-order chi connectivity index (χ0) is 19.9.